The highest BCUT2D eigenvalue weighted by Crippen LogP contribution is 2.44. The third-order valence-corrected chi connectivity index (χ3v) is 6.47. The molecule has 186 valence electrons. The molecule has 0 bridgehead atoms. The molecule has 4 rings (SSSR count). The smallest absolute Gasteiger partial charge is 0.407 e. The molecule has 7 heteroatoms. The van der Waals surface area contributed by atoms with E-state index in [0.29, 0.717) is 0 Å². The Bertz CT molecular complexity index is 1200. The van der Waals surface area contributed by atoms with Crippen molar-refractivity contribution < 1.29 is 24.2 Å². The van der Waals surface area contributed by atoms with Gasteiger partial charge in [-0.25, -0.2) is 9.59 Å². The molecule has 0 heterocycles. The Balaban J connectivity index is 1.47. The average Bonchev–Trinajstić information content (AvgIpc) is 3.19. The lowest BCUT2D eigenvalue weighted by atomic mass is 9.98. The quantitative estimate of drug-likeness (QED) is 0.417. The van der Waals surface area contributed by atoms with Gasteiger partial charge in [-0.05, 0) is 33.7 Å². The molecule has 3 aromatic carbocycles. The SMILES string of the molecule is CC(C)[C@H](NC(=O)[C@H](Cc1ccccc1)NC(=O)OCC1c2ccccc2-c2ccccc21)C(=O)O. The second kappa shape index (κ2) is 11.1. The van der Waals surface area contributed by atoms with Gasteiger partial charge >= 0.3 is 12.1 Å². The molecule has 7 nitrogen and oxygen atoms in total. The molecule has 0 aromatic heterocycles. The van der Waals surface area contributed by atoms with E-state index in [1.807, 2.05) is 66.7 Å². The minimum atomic E-state index is -1.13. The number of hydrogen-bond acceptors (Lipinski definition) is 4. The zero-order valence-corrected chi connectivity index (χ0v) is 20.3. The summed E-state index contributed by atoms with van der Waals surface area (Å²) in [4.78, 5) is 37.5. The fraction of sp³-hybridized carbons (Fsp3) is 0.276. The van der Waals surface area contributed by atoms with Crippen LogP contribution in [0.1, 0.15) is 36.5 Å². The zero-order valence-electron chi connectivity index (χ0n) is 20.3. The second-order valence-corrected chi connectivity index (χ2v) is 9.28. The summed E-state index contributed by atoms with van der Waals surface area (Å²) < 4.78 is 5.61. The minimum absolute atomic E-state index is 0.109. The largest absolute Gasteiger partial charge is 0.480 e. The number of amides is 2. The van der Waals surface area contributed by atoms with Gasteiger partial charge in [0.1, 0.15) is 18.7 Å². The van der Waals surface area contributed by atoms with Gasteiger partial charge in [0.15, 0.2) is 0 Å². The summed E-state index contributed by atoms with van der Waals surface area (Å²) in [5.41, 5.74) is 5.25. The number of aliphatic carboxylic acids is 1. The second-order valence-electron chi connectivity index (χ2n) is 9.28. The van der Waals surface area contributed by atoms with Crippen LogP contribution in [-0.4, -0.2) is 41.8 Å². The fourth-order valence-corrected chi connectivity index (χ4v) is 4.61. The van der Waals surface area contributed by atoms with Crippen molar-refractivity contribution in [3.63, 3.8) is 0 Å². The van der Waals surface area contributed by atoms with Crippen LogP contribution < -0.4 is 10.6 Å². The maximum atomic E-state index is 13.0. The van der Waals surface area contributed by atoms with E-state index in [2.05, 4.69) is 22.8 Å². The van der Waals surface area contributed by atoms with E-state index in [-0.39, 0.29) is 24.9 Å². The molecule has 2 amide bonds. The minimum Gasteiger partial charge on any atom is -0.480 e. The van der Waals surface area contributed by atoms with Crippen LogP contribution in [0.2, 0.25) is 0 Å². The number of benzene rings is 3. The van der Waals surface area contributed by atoms with Crippen LogP contribution in [0, 0.1) is 5.92 Å². The van der Waals surface area contributed by atoms with E-state index in [9.17, 15) is 19.5 Å². The van der Waals surface area contributed by atoms with E-state index in [0.717, 1.165) is 27.8 Å². The first-order valence-corrected chi connectivity index (χ1v) is 12.0. The molecule has 0 spiro atoms. The summed E-state index contributed by atoms with van der Waals surface area (Å²) in [5.74, 6) is -2.13. The van der Waals surface area contributed by atoms with Gasteiger partial charge in [0.05, 0.1) is 0 Å². The summed E-state index contributed by atoms with van der Waals surface area (Å²) in [6, 6.07) is 23.2. The lowest BCUT2D eigenvalue weighted by Gasteiger charge is -2.23. The maximum absolute atomic E-state index is 13.0. The predicted molar refractivity (Wildman–Crippen MR) is 137 cm³/mol. The Morgan fingerprint density at radius 2 is 1.39 bits per heavy atom. The molecule has 36 heavy (non-hydrogen) atoms. The van der Waals surface area contributed by atoms with Gasteiger partial charge in [-0.3, -0.25) is 4.79 Å². The van der Waals surface area contributed by atoms with E-state index in [1.54, 1.807) is 13.8 Å². The van der Waals surface area contributed by atoms with Gasteiger partial charge in [0, 0.05) is 12.3 Å². The predicted octanol–water partition coefficient (Wildman–Crippen LogP) is 4.36. The lowest BCUT2D eigenvalue weighted by Crippen LogP contribution is -2.54. The number of alkyl carbamates (subject to hydrolysis) is 1. The van der Waals surface area contributed by atoms with Gasteiger partial charge in [0.2, 0.25) is 5.91 Å². The number of fused-ring (bicyclic) bond motifs is 3. The third-order valence-electron chi connectivity index (χ3n) is 6.47. The molecule has 0 radical (unpaired) electrons. The standard InChI is InChI=1S/C29H30N2O5/c1-18(2)26(28(33)34)31-27(32)25(16-19-10-4-3-5-11-19)30-29(35)36-17-24-22-14-8-6-12-20(22)21-13-7-9-15-23(21)24/h3-15,18,24-26H,16-17H2,1-2H3,(H,30,35)(H,31,32)(H,33,34)/t25-,26-/m0/s1. The molecule has 0 aliphatic heterocycles. The first kappa shape index (κ1) is 25.0. The highest BCUT2D eigenvalue weighted by atomic mass is 16.5. The summed E-state index contributed by atoms with van der Waals surface area (Å²) in [5, 5.41) is 14.7. The van der Waals surface area contributed by atoms with Gasteiger partial charge in [-0.2, -0.15) is 0 Å². The highest BCUT2D eigenvalue weighted by Gasteiger charge is 2.31. The summed E-state index contributed by atoms with van der Waals surface area (Å²) in [6.45, 7) is 3.54. The van der Waals surface area contributed by atoms with Gasteiger partial charge < -0.3 is 20.5 Å². The summed E-state index contributed by atoms with van der Waals surface area (Å²) in [7, 11) is 0. The first-order valence-electron chi connectivity index (χ1n) is 12.0. The van der Waals surface area contributed by atoms with Crippen LogP contribution >= 0.6 is 0 Å². The Morgan fingerprint density at radius 1 is 0.833 bits per heavy atom. The van der Waals surface area contributed by atoms with Crippen molar-refractivity contribution in [3.8, 4) is 11.1 Å². The van der Waals surface area contributed by atoms with Gasteiger partial charge in [-0.15, -0.1) is 0 Å². The maximum Gasteiger partial charge on any atom is 0.407 e. The number of hydrogen-bond donors (Lipinski definition) is 3. The van der Waals surface area contributed by atoms with Crippen molar-refractivity contribution in [2.24, 2.45) is 5.92 Å². The van der Waals surface area contributed by atoms with Gasteiger partial charge in [-0.1, -0.05) is 92.7 Å². The van der Waals surface area contributed by atoms with Crippen LogP contribution in [-0.2, 0) is 20.7 Å². The molecule has 0 unspecified atom stereocenters. The number of carbonyl (C=O) groups excluding carboxylic acids is 2. The Hall–Kier alpha value is -4.13. The van der Waals surface area contributed by atoms with E-state index >= 15 is 0 Å². The van der Waals surface area contributed by atoms with Crippen molar-refractivity contribution in [2.75, 3.05) is 6.61 Å². The fourth-order valence-electron chi connectivity index (χ4n) is 4.61. The number of rotatable bonds is 9. The molecule has 0 saturated carbocycles. The molecule has 0 fully saturated rings. The molecular weight excluding hydrogens is 456 g/mol. The zero-order chi connectivity index (χ0) is 25.7. The summed E-state index contributed by atoms with van der Waals surface area (Å²) in [6.07, 6.45) is -0.536. The van der Waals surface area contributed by atoms with E-state index in [4.69, 9.17) is 4.74 Å². The normalized spacial score (nSPS) is 13.9. The molecule has 3 N–H and O–H groups in total. The number of carbonyl (C=O) groups is 3. The van der Waals surface area contributed by atoms with Crippen molar-refractivity contribution in [3.05, 3.63) is 95.6 Å². The molecule has 2 atom stereocenters. The number of carboxylic acid groups (broad SMARTS) is 1. The van der Waals surface area contributed by atoms with Crippen LogP contribution in [0.5, 0.6) is 0 Å². The number of nitrogens with one attached hydrogen (secondary N) is 2. The van der Waals surface area contributed by atoms with Crippen molar-refractivity contribution in [2.45, 2.75) is 38.3 Å². The van der Waals surface area contributed by atoms with Gasteiger partial charge in [0.25, 0.3) is 0 Å². The Kier molecular flexibility index (Phi) is 7.68. The lowest BCUT2D eigenvalue weighted by molar-refractivity contribution is -0.143. The average molecular weight is 487 g/mol. The number of carboxylic acids is 1. The van der Waals surface area contributed by atoms with Crippen LogP contribution in [0.3, 0.4) is 0 Å². The topological polar surface area (TPSA) is 105 Å². The van der Waals surface area contributed by atoms with E-state index in [1.165, 1.54) is 0 Å². The number of ether oxygens (including phenoxy) is 1. The van der Waals surface area contributed by atoms with Crippen LogP contribution in [0.25, 0.3) is 11.1 Å². The third kappa shape index (κ3) is 5.57. The van der Waals surface area contributed by atoms with Crippen LogP contribution in [0.4, 0.5) is 4.79 Å². The first-order chi connectivity index (χ1) is 17.3. The summed E-state index contributed by atoms with van der Waals surface area (Å²) >= 11 is 0. The Labute approximate surface area is 210 Å². The molecule has 1 aliphatic rings. The molecule has 1 aliphatic carbocycles. The molecule has 3 aromatic rings. The highest BCUT2D eigenvalue weighted by molar-refractivity contribution is 5.89. The Morgan fingerprint density at radius 3 is 1.94 bits per heavy atom. The van der Waals surface area contributed by atoms with Crippen molar-refractivity contribution in [1.29, 1.82) is 0 Å². The molecular formula is C29H30N2O5. The van der Waals surface area contributed by atoms with Crippen molar-refractivity contribution >= 4 is 18.0 Å². The molecule has 0 saturated heterocycles. The van der Waals surface area contributed by atoms with E-state index < -0.39 is 30.1 Å². The monoisotopic (exact) mass is 486 g/mol. The van der Waals surface area contributed by atoms with Crippen LogP contribution in [0.15, 0.2) is 78.9 Å². The van der Waals surface area contributed by atoms with Crippen molar-refractivity contribution in [1.82, 2.24) is 10.6 Å².